The standard InChI is InChI=1S/C69H118O6/c1-4-7-10-13-16-19-22-25-28-30-31-32-33-34-35-36-37-38-39-40-42-44-47-50-53-56-59-62-68(71)74-65-66(64-73-67(70)61-58-55-52-49-46-43-27-24-21-18-15-12-9-6-3)75-69(72)63-60-57-54-51-48-45-41-29-26-23-20-17-14-11-8-5-2/h7,10,15-16,18-20,23-25,27-29,31-32,41,66H,4-6,8-9,11-14,17,21-22,26,30,33-40,42-65H2,1-3H3/b10-7-,18-15-,19-16-,23-20-,27-24-,28-25-,32-31-,41-29-. The second-order valence-corrected chi connectivity index (χ2v) is 20.9. The van der Waals surface area contributed by atoms with Crippen molar-refractivity contribution in [1.82, 2.24) is 0 Å². The van der Waals surface area contributed by atoms with E-state index < -0.39 is 6.10 Å². The Morgan fingerprint density at radius 2 is 0.533 bits per heavy atom. The molecule has 75 heavy (non-hydrogen) atoms. The molecular formula is C69H118O6. The molecular weight excluding hydrogens is 925 g/mol. The number of rotatable bonds is 57. The highest BCUT2D eigenvalue weighted by atomic mass is 16.6. The van der Waals surface area contributed by atoms with Crippen molar-refractivity contribution in [2.24, 2.45) is 0 Å². The van der Waals surface area contributed by atoms with E-state index in [0.717, 1.165) is 135 Å². The van der Waals surface area contributed by atoms with E-state index in [1.165, 1.54) is 128 Å². The molecule has 6 nitrogen and oxygen atoms in total. The summed E-state index contributed by atoms with van der Waals surface area (Å²) < 4.78 is 16.9. The van der Waals surface area contributed by atoms with E-state index in [4.69, 9.17) is 14.2 Å². The quantitative estimate of drug-likeness (QED) is 0.0261. The summed E-state index contributed by atoms with van der Waals surface area (Å²) in [6.45, 7) is 6.47. The van der Waals surface area contributed by atoms with Crippen molar-refractivity contribution >= 4 is 17.9 Å². The Labute approximate surface area is 464 Å². The molecule has 0 aliphatic rings. The fraction of sp³-hybridized carbons (Fsp3) is 0.725. The zero-order valence-electron chi connectivity index (χ0n) is 49.3. The summed E-state index contributed by atoms with van der Waals surface area (Å²) in [6, 6.07) is 0. The van der Waals surface area contributed by atoms with Gasteiger partial charge in [0.1, 0.15) is 13.2 Å². The summed E-state index contributed by atoms with van der Waals surface area (Å²) in [6.07, 6.45) is 84.1. The molecule has 0 aliphatic heterocycles. The van der Waals surface area contributed by atoms with Crippen molar-refractivity contribution in [3.8, 4) is 0 Å². The SMILES string of the molecule is CC/C=C\C/C=C\C/C=C\C/C=C\CCCCCCCCCCCCCCCCC(=O)OCC(COC(=O)CCCCCCC/C=C\C/C=C\CCCC)OC(=O)CCCCCCC/C=C\C/C=C\CCCCCC. The van der Waals surface area contributed by atoms with Gasteiger partial charge in [0, 0.05) is 19.3 Å². The van der Waals surface area contributed by atoms with Gasteiger partial charge in [-0.3, -0.25) is 14.4 Å². The lowest BCUT2D eigenvalue weighted by Crippen LogP contribution is -2.30. The highest BCUT2D eigenvalue weighted by Gasteiger charge is 2.19. The monoisotopic (exact) mass is 1040 g/mol. The highest BCUT2D eigenvalue weighted by Crippen LogP contribution is 2.16. The number of esters is 3. The van der Waals surface area contributed by atoms with E-state index in [2.05, 4.69) is 118 Å². The van der Waals surface area contributed by atoms with Gasteiger partial charge in [-0.05, 0) is 116 Å². The minimum Gasteiger partial charge on any atom is -0.462 e. The predicted octanol–water partition coefficient (Wildman–Crippen LogP) is 21.7. The van der Waals surface area contributed by atoms with E-state index in [1.807, 2.05) is 0 Å². The van der Waals surface area contributed by atoms with Gasteiger partial charge in [-0.1, -0.05) is 266 Å². The first-order chi connectivity index (χ1) is 37.0. The third-order valence-corrected chi connectivity index (χ3v) is 13.5. The largest absolute Gasteiger partial charge is 0.462 e. The number of carbonyl (C=O) groups excluding carboxylic acids is 3. The summed E-state index contributed by atoms with van der Waals surface area (Å²) in [7, 11) is 0. The number of hydrogen-bond donors (Lipinski definition) is 0. The van der Waals surface area contributed by atoms with Crippen molar-refractivity contribution in [2.45, 2.75) is 309 Å². The van der Waals surface area contributed by atoms with Crippen molar-refractivity contribution in [2.75, 3.05) is 13.2 Å². The lowest BCUT2D eigenvalue weighted by molar-refractivity contribution is -0.167. The van der Waals surface area contributed by atoms with E-state index >= 15 is 0 Å². The van der Waals surface area contributed by atoms with Gasteiger partial charge in [0.05, 0.1) is 0 Å². The zero-order valence-corrected chi connectivity index (χ0v) is 49.3. The van der Waals surface area contributed by atoms with Gasteiger partial charge in [-0.2, -0.15) is 0 Å². The van der Waals surface area contributed by atoms with Crippen molar-refractivity contribution in [3.63, 3.8) is 0 Å². The summed E-state index contributed by atoms with van der Waals surface area (Å²) in [5.41, 5.74) is 0. The molecule has 0 saturated heterocycles. The number of carbonyl (C=O) groups is 3. The van der Waals surface area contributed by atoms with E-state index in [-0.39, 0.29) is 31.1 Å². The molecule has 0 spiro atoms. The summed E-state index contributed by atoms with van der Waals surface area (Å²) in [5.74, 6) is -0.907. The maximum absolute atomic E-state index is 12.9. The molecule has 0 aromatic carbocycles. The van der Waals surface area contributed by atoms with Gasteiger partial charge in [-0.15, -0.1) is 0 Å². The van der Waals surface area contributed by atoms with Crippen molar-refractivity contribution in [3.05, 3.63) is 97.2 Å². The second kappa shape index (κ2) is 62.9. The number of allylic oxidation sites excluding steroid dienone is 16. The maximum Gasteiger partial charge on any atom is 0.306 e. The van der Waals surface area contributed by atoms with Crippen LogP contribution in [-0.4, -0.2) is 37.2 Å². The predicted molar refractivity (Wildman–Crippen MR) is 325 cm³/mol. The molecule has 1 unspecified atom stereocenters. The van der Waals surface area contributed by atoms with Crippen LogP contribution in [0.2, 0.25) is 0 Å². The third-order valence-electron chi connectivity index (χ3n) is 13.5. The lowest BCUT2D eigenvalue weighted by Gasteiger charge is -2.18. The van der Waals surface area contributed by atoms with Crippen LogP contribution in [0.4, 0.5) is 0 Å². The van der Waals surface area contributed by atoms with Gasteiger partial charge in [-0.25, -0.2) is 0 Å². The van der Waals surface area contributed by atoms with Crippen LogP contribution in [-0.2, 0) is 28.6 Å². The van der Waals surface area contributed by atoms with Gasteiger partial charge in [0.25, 0.3) is 0 Å². The Morgan fingerprint density at radius 1 is 0.280 bits per heavy atom. The Bertz CT molecular complexity index is 1480. The zero-order chi connectivity index (χ0) is 54.3. The van der Waals surface area contributed by atoms with Crippen LogP contribution in [0.1, 0.15) is 303 Å². The van der Waals surface area contributed by atoms with Crippen LogP contribution in [0.15, 0.2) is 97.2 Å². The van der Waals surface area contributed by atoms with Gasteiger partial charge in [0.15, 0.2) is 6.10 Å². The first-order valence-corrected chi connectivity index (χ1v) is 31.7. The molecule has 0 N–H and O–H groups in total. The fourth-order valence-corrected chi connectivity index (χ4v) is 8.78. The number of unbranched alkanes of at least 4 members (excludes halogenated alkanes) is 30. The number of hydrogen-bond acceptors (Lipinski definition) is 6. The molecule has 0 aromatic rings. The number of ether oxygens (including phenoxy) is 3. The smallest absolute Gasteiger partial charge is 0.306 e. The van der Waals surface area contributed by atoms with E-state index in [1.54, 1.807) is 0 Å². The third kappa shape index (κ3) is 61.1. The van der Waals surface area contributed by atoms with Gasteiger partial charge >= 0.3 is 17.9 Å². The average molecular weight is 1040 g/mol. The summed E-state index contributed by atoms with van der Waals surface area (Å²) >= 11 is 0. The van der Waals surface area contributed by atoms with Crippen LogP contribution < -0.4 is 0 Å². The van der Waals surface area contributed by atoms with Crippen molar-refractivity contribution in [1.29, 1.82) is 0 Å². The molecule has 0 radical (unpaired) electrons. The summed E-state index contributed by atoms with van der Waals surface area (Å²) in [4.78, 5) is 38.3. The molecule has 0 aliphatic carbocycles. The molecule has 430 valence electrons. The Kier molecular flexibility index (Phi) is 59.8. The topological polar surface area (TPSA) is 78.9 Å². The van der Waals surface area contributed by atoms with Crippen LogP contribution in [0.3, 0.4) is 0 Å². The molecule has 0 amide bonds. The molecule has 0 rings (SSSR count). The normalized spacial score (nSPS) is 12.7. The Balaban J connectivity index is 4.30. The minimum atomic E-state index is -0.792. The lowest BCUT2D eigenvalue weighted by atomic mass is 10.0. The fourth-order valence-electron chi connectivity index (χ4n) is 8.78. The molecule has 1 atom stereocenters. The second-order valence-electron chi connectivity index (χ2n) is 20.9. The first kappa shape index (κ1) is 71.3. The average Bonchev–Trinajstić information content (AvgIpc) is 3.41. The molecule has 0 saturated carbocycles. The van der Waals surface area contributed by atoms with Crippen molar-refractivity contribution < 1.29 is 28.6 Å². The Hall–Kier alpha value is -3.67. The molecule has 6 heteroatoms. The van der Waals surface area contributed by atoms with Crippen LogP contribution in [0.5, 0.6) is 0 Å². The van der Waals surface area contributed by atoms with Gasteiger partial charge < -0.3 is 14.2 Å². The first-order valence-electron chi connectivity index (χ1n) is 31.7. The van der Waals surface area contributed by atoms with Crippen LogP contribution in [0.25, 0.3) is 0 Å². The molecule has 0 heterocycles. The van der Waals surface area contributed by atoms with E-state index in [9.17, 15) is 14.4 Å². The highest BCUT2D eigenvalue weighted by molar-refractivity contribution is 5.71. The van der Waals surface area contributed by atoms with Crippen LogP contribution >= 0.6 is 0 Å². The molecule has 0 fully saturated rings. The van der Waals surface area contributed by atoms with Gasteiger partial charge in [0.2, 0.25) is 0 Å². The van der Waals surface area contributed by atoms with Crippen LogP contribution in [0, 0.1) is 0 Å². The molecule has 0 aromatic heterocycles. The summed E-state index contributed by atoms with van der Waals surface area (Å²) in [5, 5.41) is 0. The maximum atomic E-state index is 12.9. The Morgan fingerprint density at radius 3 is 0.853 bits per heavy atom. The molecule has 0 bridgehead atoms. The van der Waals surface area contributed by atoms with E-state index in [0.29, 0.717) is 19.3 Å². The minimum absolute atomic E-state index is 0.0869.